The van der Waals surface area contributed by atoms with E-state index in [0.717, 1.165) is 34.1 Å². The van der Waals surface area contributed by atoms with Crippen LogP contribution >= 0.6 is 11.3 Å². The van der Waals surface area contributed by atoms with Crippen molar-refractivity contribution < 1.29 is 4.84 Å². The first kappa shape index (κ1) is 17.5. The molecule has 0 saturated heterocycles. The van der Waals surface area contributed by atoms with Crippen LogP contribution in [0.4, 0.5) is 5.82 Å². The van der Waals surface area contributed by atoms with Gasteiger partial charge in [0.25, 0.3) is 0 Å². The third kappa shape index (κ3) is 3.63. The Balaban J connectivity index is 1.71. The minimum Gasteiger partial charge on any atom is -0.393 e. The van der Waals surface area contributed by atoms with Gasteiger partial charge in [0, 0.05) is 44.2 Å². The minimum absolute atomic E-state index is 0.0124. The van der Waals surface area contributed by atoms with Gasteiger partial charge in [-0.05, 0) is 26.0 Å². The van der Waals surface area contributed by atoms with Crippen LogP contribution in [-0.2, 0) is 4.84 Å². The lowest BCUT2D eigenvalue weighted by atomic mass is 10.1. The van der Waals surface area contributed by atoms with Gasteiger partial charge < -0.3 is 9.74 Å². The van der Waals surface area contributed by atoms with Gasteiger partial charge in [-0.25, -0.2) is 9.97 Å². The lowest BCUT2D eigenvalue weighted by Gasteiger charge is -2.25. The second-order valence-electron chi connectivity index (χ2n) is 6.44. The molecule has 0 atom stereocenters. The number of pyridine rings is 1. The molecule has 0 bridgehead atoms. The van der Waals surface area contributed by atoms with Crippen molar-refractivity contribution in [2.75, 3.05) is 18.5 Å². The Bertz CT molecular complexity index is 971. The molecule has 0 N–H and O–H groups in total. The number of thiazole rings is 1. The number of aromatic nitrogens is 5. The fourth-order valence-electron chi connectivity index (χ4n) is 2.63. The number of nitrogens with zero attached hydrogens (tertiary/aromatic N) is 7. The van der Waals surface area contributed by atoms with Gasteiger partial charge in [-0.15, -0.1) is 21.5 Å². The van der Waals surface area contributed by atoms with Gasteiger partial charge in [0.2, 0.25) is 0 Å². The number of hydrogen-bond acceptors (Lipinski definition) is 9. The molecule has 0 unspecified atom stereocenters. The summed E-state index contributed by atoms with van der Waals surface area (Å²) in [5.41, 5.74) is 2.47. The van der Waals surface area contributed by atoms with E-state index >= 15 is 0 Å². The van der Waals surface area contributed by atoms with Crippen molar-refractivity contribution in [3.05, 3.63) is 36.4 Å². The van der Waals surface area contributed by atoms with E-state index in [9.17, 15) is 0 Å². The van der Waals surface area contributed by atoms with Crippen LogP contribution in [0.5, 0.6) is 0 Å². The summed E-state index contributed by atoms with van der Waals surface area (Å²) in [4.78, 5) is 21.7. The van der Waals surface area contributed by atoms with Crippen molar-refractivity contribution in [3.63, 3.8) is 0 Å². The normalized spacial score (nSPS) is 15.3. The van der Waals surface area contributed by atoms with Crippen LogP contribution in [-0.4, -0.2) is 50.6 Å². The first-order valence-electron chi connectivity index (χ1n) is 8.67. The van der Waals surface area contributed by atoms with E-state index in [1.165, 1.54) is 11.3 Å². The number of anilines is 1. The second kappa shape index (κ2) is 7.36. The highest BCUT2D eigenvalue weighted by Crippen LogP contribution is 2.31. The van der Waals surface area contributed by atoms with Gasteiger partial charge in [0.05, 0.1) is 4.88 Å². The summed E-state index contributed by atoms with van der Waals surface area (Å²) < 4.78 is 0. The first-order chi connectivity index (χ1) is 13.1. The third-order valence-electron chi connectivity index (χ3n) is 4.00. The molecule has 0 amide bonds. The van der Waals surface area contributed by atoms with Crippen LogP contribution in [0.25, 0.3) is 21.3 Å². The summed E-state index contributed by atoms with van der Waals surface area (Å²) in [7, 11) is 1.97. The maximum absolute atomic E-state index is 5.45. The van der Waals surface area contributed by atoms with Crippen molar-refractivity contribution in [2.45, 2.75) is 26.4 Å². The van der Waals surface area contributed by atoms with Crippen molar-refractivity contribution in [2.24, 2.45) is 5.16 Å². The van der Waals surface area contributed by atoms with Crippen molar-refractivity contribution in [1.29, 1.82) is 0 Å². The van der Waals surface area contributed by atoms with Gasteiger partial charge in [-0.2, -0.15) is 0 Å². The highest BCUT2D eigenvalue weighted by atomic mass is 32.1. The summed E-state index contributed by atoms with van der Waals surface area (Å²) >= 11 is 1.51. The highest BCUT2D eigenvalue weighted by molar-refractivity contribution is 7.18. The Morgan fingerprint density at radius 3 is 2.93 bits per heavy atom. The van der Waals surface area contributed by atoms with Gasteiger partial charge in [0.1, 0.15) is 22.5 Å². The van der Waals surface area contributed by atoms with E-state index in [1.54, 1.807) is 18.6 Å². The van der Waals surface area contributed by atoms with E-state index in [4.69, 9.17) is 9.82 Å². The lowest BCUT2D eigenvalue weighted by molar-refractivity contribution is 0.0855. The molecule has 3 aromatic heterocycles. The van der Waals surface area contributed by atoms with E-state index < -0.39 is 0 Å². The maximum atomic E-state index is 5.45. The summed E-state index contributed by atoms with van der Waals surface area (Å²) in [5.74, 6) is 1.25. The monoisotopic (exact) mass is 381 g/mol. The lowest BCUT2D eigenvalue weighted by Crippen LogP contribution is -2.31. The second-order valence-corrected chi connectivity index (χ2v) is 7.47. The smallest absolute Gasteiger partial charge is 0.194 e. The largest absolute Gasteiger partial charge is 0.393 e. The molecular formula is C18H19N7OS. The summed E-state index contributed by atoms with van der Waals surface area (Å²) in [6.07, 6.45) is 6.06. The maximum Gasteiger partial charge on any atom is 0.194 e. The average Bonchev–Trinajstić information content (AvgIpc) is 3.18. The molecule has 9 heteroatoms. The van der Waals surface area contributed by atoms with Gasteiger partial charge in [0.15, 0.2) is 11.6 Å². The molecular weight excluding hydrogens is 362 g/mol. The predicted molar refractivity (Wildman–Crippen MR) is 105 cm³/mol. The minimum atomic E-state index is 0.0124. The molecule has 4 rings (SSSR count). The Morgan fingerprint density at radius 2 is 2.15 bits per heavy atom. The van der Waals surface area contributed by atoms with Crippen molar-refractivity contribution in [3.8, 4) is 21.3 Å². The summed E-state index contributed by atoms with van der Waals surface area (Å²) in [6, 6.07) is 3.87. The fourth-order valence-corrected chi connectivity index (χ4v) is 3.47. The molecule has 1 aliphatic heterocycles. The molecule has 0 fully saturated rings. The number of hydrogen-bond donors (Lipinski definition) is 0. The number of oxime groups is 1. The van der Waals surface area contributed by atoms with Crippen LogP contribution in [0.1, 0.15) is 26.0 Å². The van der Waals surface area contributed by atoms with Crippen LogP contribution in [0.15, 0.2) is 35.9 Å². The summed E-state index contributed by atoms with van der Waals surface area (Å²) in [6.45, 7) is 4.69. The Morgan fingerprint density at radius 1 is 1.26 bits per heavy atom. The molecule has 0 radical (unpaired) electrons. The molecule has 4 heterocycles. The molecule has 1 aliphatic rings. The average molecular weight is 381 g/mol. The Kier molecular flexibility index (Phi) is 4.76. The van der Waals surface area contributed by atoms with E-state index in [1.807, 2.05) is 37.9 Å². The fraction of sp³-hybridized carbons (Fsp3) is 0.333. The van der Waals surface area contributed by atoms with E-state index in [-0.39, 0.29) is 6.10 Å². The quantitative estimate of drug-likeness (QED) is 0.642. The highest BCUT2D eigenvalue weighted by Gasteiger charge is 2.25. The molecule has 0 spiro atoms. The molecule has 27 heavy (non-hydrogen) atoms. The Hall–Kier alpha value is -2.94. The van der Waals surface area contributed by atoms with E-state index in [0.29, 0.717) is 17.3 Å². The summed E-state index contributed by atoms with van der Waals surface area (Å²) in [5, 5.41) is 13.8. The van der Waals surface area contributed by atoms with Gasteiger partial charge in [-0.3, -0.25) is 4.98 Å². The molecule has 3 aromatic rings. The zero-order valence-electron chi connectivity index (χ0n) is 15.3. The molecule has 0 aromatic carbocycles. The first-order valence-corrected chi connectivity index (χ1v) is 9.49. The topological polar surface area (TPSA) is 89.3 Å². The SMILES string of the molecule is CC(C)ON=C1CCN(C)c2nnc(-c3cnc(-c4cccnc4)s3)nc21. The molecule has 138 valence electrons. The molecule has 0 aliphatic carbocycles. The van der Waals surface area contributed by atoms with Crippen molar-refractivity contribution >= 4 is 22.9 Å². The zero-order valence-corrected chi connectivity index (χ0v) is 16.1. The standard InChI is InChI=1S/C18H19N7OS/c1-11(2)26-24-13-6-8-25(3)17-15(13)21-16(22-23-17)14-10-20-18(27-14)12-5-4-7-19-9-12/h4-5,7,9-11H,6,8H2,1-3H3. The number of rotatable bonds is 4. The molecule has 0 saturated carbocycles. The molecule has 8 nitrogen and oxygen atoms in total. The zero-order chi connectivity index (χ0) is 18.8. The van der Waals surface area contributed by atoms with E-state index in [2.05, 4.69) is 25.3 Å². The predicted octanol–water partition coefficient (Wildman–Crippen LogP) is 3.03. The Labute approximate surface area is 161 Å². The van der Waals surface area contributed by atoms with Crippen molar-refractivity contribution in [1.82, 2.24) is 25.1 Å². The number of fused-ring (bicyclic) bond motifs is 1. The van der Waals surface area contributed by atoms with Gasteiger partial charge in [-0.1, -0.05) is 5.16 Å². The van der Waals surface area contributed by atoms with Crippen LogP contribution in [0, 0.1) is 0 Å². The van der Waals surface area contributed by atoms with Crippen LogP contribution in [0.2, 0.25) is 0 Å². The van der Waals surface area contributed by atoms with Crippen LogP contribution in [0.3, 0.4) is 0 Å². The van der Waals surface area contributed by atoms with Gasteiger partial charge >= 0.3 is 0 Å². The van der Waals surface area contributed by atoms with Crippen LogP contribution < -0.4 is 4.90 Å². The third-order valence-corrected chi connectivity index (χ3v) is 5.04.